The van der Waals surface area contributed by atoms with E-state index >= 15 is 0 Å². The molecule has 0 atom stereocenters. The standard InChI is InChI=1S/C15H12FNO3/c16-12-5-2-4-11(9-12)15(20)17-13-6-1-3-10(7-13)8-14(18)19/h1-7,9H,8H2,(H,17,20)(H,18,19). The minimum Gasteiger partial charge on any atom is -0.481 e. The molecular formula is C15H12FNO3. The summed E-state index contributed by atoms with van der Waals surface area (Å²) in [6.45, 7) is 0. The van der Waals surface area contributed by atoms with Crippen molar-refractivity contribution in [3.63, 3.8) is 0 Å². The van der Waals surface area contributed by atoms with Gasteiger partial charge in [-0.25, -0.2) is 4.39 Å². The van der Waals surface area contributed by atoms with Crippen LogP contribution in [0.1, 0.15) is 15.9 Å². The summed E-state index contributed by atoms with van der Waals surface area (Å²) >= 11 is 0. The van der Waals surface area contributed by atoms with E-state index in [9.17, 15) is 14.0 Å². The highest BCUT2D eigenvalue weighted by molar-refractivity contribution is 6.04. The zero-order valence-corrected chi connectivity index (χ0v) is 10.5. The van der Waals surface area contributed by atoms with Gasteiger partial charge in [-0.2, -0.15) is 0 Å². The molecule has 0 spiro atoms. The molecule has 0 aliphatic carbocycles. The Bertz CT molecular complexity index is 655. The van der Waals surface area contributed by atoms with Gasteiger partial charge in [0.2, 0.25) is 0 Å². The molecule has 2 N–H and O–H groups in total. The van der Waals surface area contributed by atoms with Crippen LogP contribution in [0.3, 0.4) is 0 Å². The van der Waals surface area contributed by atoms with Gasteiger partial charge in [-0.05, 0) is 35.9 Å². The van der Waals surface area contributed by atoms with Crippen molar-refractivity contribution < 1.29 is 19.1 Å². The van der Waals surface area contributed by atoms with Gasteiger partial charge in [-0.3, -0.25) is 9.59 Å². The molecule has 0 fully saturated rings. The molecule has 0 unspecified atom stereocenters. The summed E-state index contributed by atoms with van der Waals surface area (Å²) < 4.78 is 13.0. The number of carbonyl (C=O) groups excluding carboxylic acids is 1. The van der Waals surface area contributed by atoms with E-state index < -0.39 is 17.7 Å². The smallest absolute Gasteiger partial charge is 0.307 e. The molecule has 102 valence electrons. The second-order valence-corrected chi connectivity index (χ2v) is 4.24. The molecule has 0 aromatic heterocycles. The first kappa shape index (κ1) is 13.7. The molecule has 0 radical (unpaired) electrons. The van der Waals surface area contributed by atoms with E-state index in [0.29, 0.717) is 11.3 Å². The van der Waals surface area contributed by atoms with Crippen LogP contribution >= 0.6 is 0 Å². The molecule has 0 heterocycles. The van der Waals surface area contributed by atoms with Crippen LogP contribution < -0.4 is 5.32 Å². The summed E-state index contributed by atoms with van der Waals surface area (Å²) in [4.78, 5) is 22.5. The summed E-state index contributed by atoms with van der Waals surface area (Å²) in [6, 6.07) is 11.9. The molecule has 0 saturated heterocycles. The fraction of sp³-hybridized carbons (Fsp3) is 0.0667. The second-order valence-electron chi connectivity index (χ2n) is 4.24. The largest absolute Gasteiger partial charge is 0.481 e. The lowest BCUT2D eigenvalue weighted by molar-refractivity contribution is -0.136. The van der Waals surface area contributed by atoms with E-state index in [1.54, 1.807) is 24.3 Å². The van der Waals surface area contributed by atoms with Crippen molar-refractivity contribution in [2.45, 2.75) is 6.42 Å². The highest BCUT2D eigenvalue weighted by atomic mass is 19.1. The number of anilines is 1. The number of carbonyl (C=O) groups is 2. The number of hydrogen-bond acceptors (Lipinski definition) is 2. The first-order valence-electron chi connectivity index (χ1n) is 5.92. The number of rotatable bonds is 4. The van der Waals surface area contributed by atoms with Gasteiger partial charge in [-0.1, -0.05) is 18.2 Å². The molecule has 2 aromatic carbocycles. The normalized spacial score (nSPS) is 10.1. The average molecular weight is 273 g/mol. The lowest BCUT2D eigenvalue weighted by Gasteiger charge is -2.06. The number of hydrogen-bond donors (Lipinski definition) is 2. The topological polar surface area (TPSA) is 66.4 Å². The third-order valence-corrected chi connectivity index (χ3v) is 2.63. The van der Waals surface area contributed by atoms with Gasteiger partial charge >= 0.3 is 5.97 Å². The zero-order chi connectivity index (χ0) is 14.5. The van der Waals surface area contributed by atoms with Crippen molar-refractivity contribution in [1.29, 1.82) is 0 Å². The second kappa shape index (κ2) is 5.97. The van der Waals surface area contributed by atoms with E-state index in [-0.39, 0.29) is 12.0 Å². The number of halogens is 1. The molecule has 5 heteroatoms. The monoisotopic (exact) mass is 273 g/mol. The van der Waals surface area contributed by atoms with Crippen molar-refractivity contribution >= 4 is 17.6 Å². The van der Waals surface area contributed by atoms with Crippen LogP contribution in [-0.2, 0) is 11.2 Å². The Morgan fingerprint density at radius 2 is 1.85 bits per heavy atom. The SMILES string of the molecule is O=C(O)Cc1cccc(NC(=O)c2cccc(F)c2)c1. The van der Waals surface area contributed by atoms with Crippen molar-refractivity contribution in [3.05, 3.63) is 65.5 Å². The molecular weight excluding hydrogens is 261 g/mol. The van der Waals surface area contributed by atoms with Gasteiger partial charge in [0, 0.05) is 11.3 Å². The predicted molar refractivity (Wildman–Crippen MR) is 72.1 cm³/mol. The van der Waals surface area contributed by atoms with Gasteiger partial charge in [0.1, 0.15) is 5.82 Å². The Balaban J connectivity index is 2.13. The minimum atomic E-state index is -0.946. The Kier molecular flexibility index (Phi) is 4.10. The van der Waals surface area contributed by atoms with E-state index in [2.05, 4.69) is 5.32 Å². The molecule has 1 amide bonds. The van der Waals surface area contributed by atoms with Crippen LogP contribution in [0.15, 0.2) is 48.5 Å². The predicted octanol–water partition coefficient (Wildman–Crippen LogP) is 2.71. The molecule has 2 aromatic rings. The van der Waals surface area contributed by atoms with Crippen molar-refractivity contribution in [2.75, 3.05) is 5.32 Å². The van der Waals surface area contributed by atoms with Gasteiger partial charge < -0.3 is 10.4 Å². The van der Waals surface area contributed by atoms with Crippen molar-refractivity contribution in [2.24, 2.45) is 0 Å². The fourth-order valence-corrected chi connectivity index (χ4v) is 1.77. The van der Waals surface area contributed by atoms with Gasteiger partial charge in [0.05, 0.1) is 6.42 Å². The van der Waals surface area contributed by atoms with Crippen LogP contribution in [0.2, 0.25) is 0 Å². The number of carboxylic acid groups (broad SMARTS) is 1. The average Bonchev–Trinajstić information content (AvgIpc) is 2.38. The van der Waals surface area contributed by atoms with E-state index in [4.69, 9.17) is 5.11 Å². The van der Waals surface area contributed by atoms with Crippen LogP contribution in [0.25, 0.3) is 0 Å². The summed E-state index contributed by atoms with van der Waals surface area (Å²) in [5.74, 6) is -1.88. The molecule has 0 saturated carbocycles. The summed E-state index contributed by atoms with van der Waals surface area (Å²) in [6.07, 6.45) is -0.121. The lowest BCUT2D eigenvalue weighted by Crippen LogP contribution is -2.12. The number of nitrogens with one attached hydrogen (secondary N) is 1. The van der Waals surface area contributed by atoms with Gasteiger partial charge in [0.25, 0.3) is 5.91 Å². The zero-order valence-electron chi connectivity index (χ0n) is 10.5. The summed E-state index contributed by atoms with van der Waals surface area (Å²) in [5.41, 5.74) is 1.25. The first-order valence-corrected chi connectivity index (χ1v) is 5.92. The molecule has 4 nitrogen and oxygen atoms in total. The van der Waals surface area contributed by atoms with E-state index in [1.807, 2.05) is 0 Å². The summed E-state index contributed by atoms with van der Waals surface area (Å²) in [7, 11) is 0. The third-order valence-electron chi connectivity index (χ3n) is 2.63. The highest BCUT2D eigenvalue weighted by Crippen LogP contribution is 2.13. The van der Waals surface area contributed by atoms with Crippen LogP contribution in [0, 0.1) is 5.82 Å². The summed E-state index contributed by atoms with van der Waals surface area (Å²) in [5, 5.41) is 11.3. The first-order chi connectivity index (χ1) is 9.54. The number of aliphatic carboxylic acids is 1. The van der Waals surface area contributed by atoms with Gasteiger partial charge in [-0.15, -0.1) is 0 Å². The fourth-order valence-electron chi connectivity index (χ4n) is 1.77. The maximum atomic E-state index is 13.0. The van der Waals surface area contributed by atoms with Crippen LogP contribution in [0.5, 0.6) is 0 Å². The Morgan fingerprint density at radius 3 is 2.55 bits per heavy atom. The third kappa shape index (κ3) is 3.65. The van der Waals surface area contributed by atoms with Crippen LogP contribution in [0.4, 0.5) is 10.1 Å². The maximum absolute atomic E-state index is 13.0. The Labute approximate surface area is 114 Å². The number of carboxylic acids is 1. The highest BCUT2D eigenvalue weighted by Gasteiger charge is 2.08. The molecule has 2 rings (SSSR count). The maximum Gasteiger partial charge on any atom is 0.307 e. The van der Waals surface area contributed by atoms with Crippen molar-refractivity contribution in [1.82, 2.24) is 0 Å². The van der Waals surface area contributed by atoms with Gasteiger partial charge in [0.15, 0.2) is 0 Å². The molecule has 20 heavy (non-hydrogen) atoms. The number of benzene rings is 2. The van der Waals surface area contributed by atoms with Crippen molar-refractivity contribution in [3.8, 4) is 0 Å². The lowest BCUT2D eigenvalue weighted by atomic mass is 10.1. The Morgan fingerprint density at radius 1 is 1.10 bits per heavy atom. The van der Waals surface area contributed by atoms with E-state index in [1.165, 1.54) is 18.2 Å². The van der Waals surface area contributed by atoms with E-state index in [0.717, 1.165) is 6.07 Å². The Hall–Kier alpha value is -2.69. The molecule has 0 bridgehead atoms. The molecule has 0 aliphatic heterocycles. The van der Waals surface area contributed by atoms with Crippen LogP contribution in [-0.4, -0.2) is 17.0 Å². The number of amides is 1. The molecule has 0 aliphatic rings. The quantitative estimate of drug-likeness (QED) is 0.900. The minimum absolute atomic E-state index is 0.121.